The summed E-state index contributed by atoms with van der Waals surface area (Å²) >= 11 is 1.26. The highest BCUT2D eigenvalue weighted by Crippen LogP contribution is 2.15. The van der Waals surface area contributed by atoms with Crippen LogP contribution in [0.1, 0.15) is 21.7 Å². The van der Waals surface area contributed by atoms with Crippen molar-refractivity contribution in [3.8, 4) is 0 Å². The molecule has 0 bridgehead atoms. The van der Waals surface area contributed by atoms with E-state index < -0.39 is 17.9 Å². The molecule has 0 spiro atoms. The summed E-state index contributed by atoms with van der Waals surface area (Å²) in [4.78, 5) is 22.9. The monoisotopic (exact) mass is 243 g/mol. The summed E-state index contributed by atoms with van der Waals surface area (Å²) in [6, 6.07) is 0.750. The first-order valence-corrected chi connectivity index (χ1v) is 5.63. The molecule has 0 fully saturated rings. The number of aliphatic hydroxyl groups is 1. The Morgan fingerprint density at radius 1 is 1.56 bits per heavy atom. The Balaban J connectivity index is 2.69. The summed E-state index contributed by atoms with van der Waals surface area (Å²) in [5, 5.41) is 21.6. The molecule has 0 radical (unpaired) electrons. The van der Waals surface area contributed by atoms with Crippen molar-refractivity contribution in [3.05, 3.63) is 21.9 Å². The summed E-state index contributed by atoms with van der Waals surface area (Å²) in [6.07, 6.45) is 0.00545. The minimum atomic E-state index is -1.14. The number of nitrogens with one attached hydrogen (secondary N) is 1. The number of rotatable bonds is 5. The maximum absolute atomic E-state index is 11.7. The average molecular weight is 243 g/mol. The van der Waals surface area contributed by atoms with Crippen molar-refractivity contribution < 1.29 is 19.8 Å². The van der Waals surface area contributed by atoms with Crippen LogP contribution < -0.4 is 5.32 Å². The first-order valence-electron chi connectivity index (χ1n) is 4.75. The Kier molecular flexibility index (Phi) is 4.45. The van der Waals surface area contributed by atoms with Gasteiger partial charge in [-0.2, -0.15) is 0 Å². The molecule has 5 nitrogen and oxygen atoms in total. The third kappa shape index (κ3) is 3.04. The molecule has 0 aromatic carbocycles. The number of aryl methyl sites for hydroxylation is 1. The van der Waals surface area contributed by atoms with Crippen LogP contribution in [0.4, 0.5) is 0 Å². The number of carboxylic acid groups (broad SMARTS) is 1. The lowest BCUT2D eigenvalue weighted by Crippen LogP contribution is -2.41. The van der Waals surface area contributed by atoms with Crippen LogP contribution in [0, 0.1) is 6.92 Å². The molecule has 16 heavy (non-hydrogen) atoms. The van der Waals surface area contributed by atoms with Crippen LogP contribution in [0.15, 0.2) is 11.4 Å². The van der Waals surface area contributed by atoms with Crippen LogP contribution in [-0.4, -0.2) is 34.7 Å². The van der Waals surface area contributed by atoms with E-state index in [2.05, 4.69) is 5.32 Å². The van der Waals surface area contributed by atoms with Crippen molar-refractivity contribution in [1.29, 1.82) is 0 Å². The molecule has 1 atom stereocenters. The van der Waals surface area contributed by atoms with Gasteiger partial charge in [-0.3, -0.25) is 4.79 Å². The van der Waals surface area contributed by atoms with Crippen LogP contribution in [-0.2, 0) is 4.79 Å². The molecule has 1 aromatic rings. The van der Waals surface area contributed by atoms with E-state index in [1.165, 1.54) is 11.3 Å². The van der Waals surface area contributed by atoms with Crippen molar-refractivity contribution in [2.45, 2.75) is 19.4 Å². The number of aliphatic hydroxyl groups excluding tert-OH is 1. The molecule has 1 amide bonds. The summed E-state index contributed by atoms with van der Waals surface area (Å²) < 4.78 is 0. The van der Waals surface area contributed by atoms with Gasteiger partial charge in [0.25, 0.3) is 5.91 Å². The van der Waals surface area contributed by atoms with Gasteiger partial charge in [0.2, 0.25) is 0 Å². The van der Waals surface area contributed by atoms with E-state index in [1.54, 1.807) is 18.4 Å². The number of hydrogen-bond acceptors (Lipinski definition) is 4. The average Bonchev–Trinajstić information content (AvgIpc) is 2.63. The summed E-state index contributed by atoms with van der Waals surface area (Å²) in [5.41, 5.74) is 0.815. The van der Waals surface area contributed by atoms with Crippen molar-refractivity contribution in [2.75, 3.05) is 6.61 Å². The first kappa shape index (κ1) is 12.7. The molecule has 88 valence electrons. The third-order valence-electron chi connectivity index (χ3n) is 2.09. The Labute approximate surface area is 96.7 Å². The molecule has 1 heterocycles. The zero-order valence-corrected chi connectivity index (χ0v) is 9.58. The van der Waals surface area contributed by atoms with Crippen LogP contribution in [0.25, 0.3) is 0 Å². The molecule has 0 aliphatic heterocycles. The van der Waals surface area contributed by atoms with Gasteiger partial charge in [-0.25, -0.2) is 4.79 Å². The highest BCUT2D eigenvalue weighted by Gasteiger charge is 2.21. The molecule has 0 unspecified atom stereocenters. The van der Waals surface area contributed by atoms with Crippen LogP contribution >= 0.6 is 11.3 Å². The molecule has 0 aliphatic rings. The van der Waals surface area contributed by atoms with E-state index in [-0.39, 0.29) is 13.0 Å². The molecule has 0 saturated carbocycles. The Morgan fingerprint density at radius 2 is 2.25 bits per heavy atom. The van der Waals surface area contributed by atoms with E-state index >= 15 is 0 Å². The second kappa shape index (κ2) is 5.62. The lowest BCUT2D eigenvalue weighted by atomic mass is 10.2. The largest absolute Gasteiger partial charge is 0.480 e. The number of carboxylic acids is 1. The highest BCUT2D eigenvalue weighted by molar-refractivity contribution is 7.12. The number of carbonyl (C=O) groups excluding carboxylic acids is 1. The minimum absolute atomic E-state index is 0.00545. The maximum Gasteiger partial charge on any atom is 0.326 e. The highest BCUT2D eigenvalue weighted by atomic mass is 32.1. The van der Waals surface area contributed by atoms with Gasteiger partial charge in [-0.15, -0.1) is 11.3 Å². The fourth-order valence-electron chi connectivity index (χ4n) is 1.22. The molecular weight excluding hydrogens is 230 g/mol. The quantitative estimate of drug-likeness (QED) is 0.707. The van der Waals surface area contributed by atoms with E-state index in [0.717, 1.165) is 5.56 Å². The number of carbonyl (C=O) groups is 2. The van der Waals surface area contributed by atoms with Gasteiger partial charge in [0.15, 0.2) is 0 Å². The molecule has 1 aromatic heterocycles. The van der Waals surface area contributed by atoms with Crippen LogP contribution in [0.3, 0.4) is 0 Å². The SMILES string of the molecule is Cc1ccsc1C(=O)N[C@@H](CCO)C(=O)O. The van der Waals surface area contributed by atoms with Crippen LogP contribution in [0.5, 0.6) is 0 Å². The third-order valence-corrected chi connectivity index (χ3v) is 3.10. The first-order chi connectivity index (χ1) is 7.56. The standard InChI is InChI=1S/C10H13NO4S/c1-6-3-5-16-8(6)9(13)11-7(2-4-12)10(14)15/h3,5,7,12H,2,4H2,1H3,(H,11,13)(H,14,15)/t7-/m0/s1. The zero-order valence-electron chi connectivity index (χ0n) is 8.77. The van der Waals surface area contributed by atoms with E-state index in [9.17, 15) is 9.59 Å². The summed E-state index contributed by atoms with van der Waals surface area (Å²) in [7, 11) is 0. The Morgan fingerprint density at radius 3 is 2.69 bits per heavy atom. The lowest BCUT2D eigenvalue weighted by molar-refractivity contribution is -0.139. The molecule has 0 saturated heterocycles. The van der Waals surface area contributed by atoms with Crippen molar-refractivity contribution in [1.82, 2.24) is 5.32 Å². The lowest BCUT2D eigenvalue weighted by Gasteiger charge is -2.12. The number of amides is 1. The smallest absolute Gasteiger partial charge is 0.326 e. The molecular formula is C10H13NO4S. The maximum atomic E-state index is 11.7. The molecule has 0 aliphatic carbocycles. The summed E-state index contributed by atoms with van der Waals surface area (Å²) in [6.45, 7) is 1.51. The van der Waals surface area contributed by atoms with Gasteiger partial charge in [-0.1, -0.05) is 0 Å². The number of aliphatic carboxylic acids is 1. The summed E-state index contributed by atoms with van der Waals surface area (Å²) in [5.74, 6) is -1.55. The topological polar surface area (TPSA) is 86.6 Å². The van der Waals surface area contributed by atoms with Gasteiger partial charge < -0.3 is 15.5 Å². The minimum Gasteiger partial charge on any atom is -0.480 e. The van der Waals surface area contributed by atoms with E-state index in [1.807, 2.05) is 0 Å². The van der Waals surface area contributed by atoms with Gasteiger partial charge in [-0.05, 0) is 23.9 Å². The van der Waals surface area contributed by atoms with Gasteiger partial charge in [0.1, 0.15) is 6.04 Å². The molecule has 3 N–H and O–H groups in total. The Hall–Kier alpha value is -1.40. The molecule has 6 heteroatoms. The predicted octanol–water partition coefficient (Wildman–Crippen LogP) is 0.622. The predicted molar refractivity (Wildman–Crippen MR) is 59.6 cm³/mol. The fraction of sp³-hybridized carbons (Fsp3) is 0.400. The molecule has 1 rings (SSSR count). The normalized spacial score (nSPS) is 12.1. The van der Waals surface area contributed by atoms with Crippen LogP contribution in [0.2, 0.25) is 0 Å². The number of thiophene rings is 1. The fourth-order valence-corrected chi connectivity index (χ4v) is 2.04. The van der Waals surface area contributed by atoms with Gasteiger partial charge >= 0.3 is 5.97 Å². The zero-order chi connectivity index (χ0) is 12.1. The Bertz CT molecular complexity index is 388. The second-order valence-electron chi connectivity index (χ2n) is 3.31. The van der Waals surface area contributed by atoms with Crippen molar-refractivity contribution in [3.63, 3.8) is 0 Å². The second-order valence-corrected chi connectivity index (χ2v) is 4.23. The van der Waals surface area contributed by atoms with Crippen molar-refractivity contribution in [2.24, 2.45) is 0 Å². The van der Waals surface area contributed by atoms with Gasteiger partial charge in [0, 0.05) is 13.0 Å². The van der Waals surface area contributed by atoms with Gasteiger partial charge in [0.05, 0.1) is 4.88 Å². The van der Waals surface area contributed by atoms with E-state index in [0.29, 0.717) is 4.88 Å². The van der Waals surface area contributed by atoms with Crippen molar-refractivity contribution >= 4 is 23.2 Å². The van der Waals surface area contributed by atoms with E-state index in [4.69, 9.17) is 10.2 Å². The number of hydrogen-bond donors (Lipinski definition) is 3.